The number of pyridine rings is 1. The van der Waals surface area contributed by atoms with Crippen LogP contribution >= 0.6 is 11.3 Å². The Labute approximate surface area is 225 Å². The smallest absolute Gasteiger partial charge is 0.264 e. The van der Waals surface area contributed by atoms with E-state index in [0.717, 1.165) is 26.9 Å². The van der Waals surface area contributed by atoms with Gasteiger partial charge in [-0.1, -0.05) is 41.7 Å². The van der Waals surface area contributed by atoms with Gasteiger partial charge in [-0.2, -0.15) is 0 Å². The second kappa shape index (κ2) is 9.66. The highest BCUT2D eigenvalue weighted by molar-refractivity contribution is 7.92. The third-order valence-corrected chi connectivity index (χ3v) is 9.47. The maximum absolute atomic E-state index is 13.8. The fraction of sp³-hybridized carbons (Fsp3) is 0.138. The van der Waals surface area contributed by atoms with Gasteiger partial charge in [0.05, 0.1) is 27.3 Å². The first-order chi connectivity index (χ1) is 18.4. The number of aromatic nitrogens is 2. The maximum Gasteiger partial charge on any atom is 0.264 e. The number of benzene rings is 3. The fourth-order valence-corrected chi connectivity index (χ4v) is 7.21. The third kappa shape index (κ3) is 4.44. The molecule has 0 saturated heterocycles. The molecule has 1 aliphatic heterocycles. The predicted molar refractivity (Wildman–Crippen MR) is 150 cm³/mol. The molecule has 0 aliphatic carbocycles. The molecule has 38 heavy (non-hydrogen) atoms. The molecule has 3 aromatic carbocycles. The maximum atomic E-state index is 13.8. The molecule has 7 nitrogen and oxygen atoms in total. The van der Waals surface area contributed by atoms with E-state index in [1.165, 1.54) is 27.8 Å². The van der Waals surface area contributed by atoms with Crippen LogP contribution in [0.2, 0.25) is 0 Å². The lowest BCUT2D eigenvalue weighted by Crippen LogP contribution is -2.31. The summed E-state index contributed by atoms with van der Waals surface area (Å²) < 4.78 is 29.3. The molecule has 0 spiro atoms. The van der Waals surface area contributed by atoms with E-state index in [1.54, 1.807) is 29.4 Å². The Morgan fingerprint density at radius 2 is 1.84 bits per heavy atom. The van der Waals surface area contributed by atoms with Crippen molar-refractivity contribution >= 4 is 48.3 Å². The second-order valence-electron chi connectivity index (χ2n) is 9.20. The van der Waals surface area contributed by atoms with Crippen LogP contribution in [0.25, 0.3) is 10.2 Å². The van der Waals surface area contributed by atoms with Crippen LogP contribution in [0.3, 0.4) is 0 Å². The van der Waals surface area contributed by atoms with Crippen molar-refractivity contribution in [3.63, 3.8) is 0 Å². The Kier molecular flexibility index (Phi) is 6.17. The number of sulfonamides is 1. The van der Waals surface area contributed by atoms with Crippen LogP contribution in [0.5, 0.6) is 0 Å². The number of rotatable bonds is 6. The number of hydrogen-bond acceptors (Lipinski definition) is 6. The van der Waals surface area contributed by atoms with Gasteiger partial charge in [-0.05, 0) is 78.6 Å². The number of carbonyl (C=O) groups is 1. The number of amides is 1. The first-order valence-corrected chi connectivity index (χ1v) is 14.4. The molecular weight excluding hydrogens is 516 g/mol. The van der Waals surface area contributed by atoms with Crippen molar-refractivity contribution in [2.45, 2.75) is 24.8 Å². The summed E-state index contributed by atoms with van der Waals surface area (Å²) in [4.78, 5) is 24.5. The van der Waals surface area contributed by atoms with Gasteiger partial charge >= 0.3 is 0 Å². The summed E-state index contributed by atoms with van der Waals surface area (Å²) in [5.74, 6) is -0.264. The van der Waals surface area contributed by atoms with Gasteiger partial charge in [0.2, 0.25) is 0 Å². The van der Waals surface area contributed by atoms with Gasteiger partial charge in [-0.25, -0.2) is 13.4 Å². The van der Waals surface area contributed by atoms with Crippen LogP contribution in [-0.4, -0.2) is 30.8 Å². The van der Waals surface area contributed by atoms with Gasteiger partial charge in [0.25, 0.3) is 15.9 Å². The summed E-state index contributed by atoms with van der Waals surface area (Å²) >= 11 is 1.45. The molecule has 1 aliphatic rings. The van der Waals surface area contributed by atoms with Crippen molar-refractivity contribution in [1.29, 1.82) is 0 Å². The van der Waals surface area contributed by atoms with Gasteiger partial charge in [0.1, 0.15) is 0 Å². The molecule has 9 heteroatoms. The zero-order valence-electron chi connectivity index (χ0n) is 20.6. The van der Waals surface area contributed by atoms with E-state index < -0.39 is 10.0 Å². The second-order valence-corrected chi connectivity index (χ2v) is 12.1. The first kappa shape index (κ1) is 24.3. The molecular formula is C29H24N4O3S2. The van der Waals surface area contributed by atoms with E-state index in [-0.39, 0.29) is 17.3 Å². The number of hydrogen-bond donors (Lipinski definition) is 0. The molecule has 0 fully saturated rings. The number of aryl methyl sites for hydroxylation is 1. The monoisotopic (exact) mass is 540 g/mol. The summed E-state index contributed by atoms with van der Waals surface area (Å²) in [6.45, 7) is 2.71. The Bertz CT molecular complexity index is 1750. The van der Waals surface area contributed by atoms with Crippen LogP contribution in [-0.2, 0) is 23.0 Å². The van der Waals surface area contributed by atoms with E-state index in [1.807, 2.05) is 55.5 Å². The summed E-state index contributed by atoms with van der Waals surface area (Å²) in [7, 11) is -3.75. The molecule has 0 unspecified atom stereocenters. The average molecular weight is 541 g/mol. The number of anilines is 2. The van der Waals surface area contributed by atoms with Crippen LogP contribution in [0.1, 0.15) is 27.0 Å². The lowest BCUT2D eigenvalue weighted by molar-refractivity contribution is 0.0985. The Balaban J connectivity index is 1.32. The number of fused-ring (bicyclic) bond motifs is 2. The summed E-state index contributed by atoms with van der Waals surface area (Å²) in [5, 5.41) is 0.574. The van der Waals surface area contributed by atoms with Crippen molar-refractivity contribution in [3.05, 3.63) is 114 Å². The van der Waals surface area contributed by atoms with Gasteiger partial charge in [-0.15, -0.1) is 0 Å². The van der Waals surface area contributed by atoms with E-state index in [2.05, 4.69) is 11.1 Å². The predicted octanol–water partition coefficient (Wildman–Crippen LogP) is 5.60. The zero-order chi connectivity index (χ0) is 26.3. The SMILES string of the molecule is Cc1ccc2nc(N(Cc3cccnc3)C(=O)c3ccc(S(=O)(=O)N4CCc5ccccc54)cc3)sc2c1. The number of nitrogens with zero attached hydrogens (tertiary/aromatic N) is 4. The standard InChI is InChI=1S/C29H24N4O3S2/c1-20-8-13-25-27(17-20)37-29(31-25)32(19-21-5-4-15-30-18-21)28(34)23-9-11-24(12-10-23)38(35,36)33-16-14-22-6-2-3-7-26(22)33/h2-13,15,17-18H,14,16,19H2,1H3. The highest BCUT2D eigenvalue weighted by Gasteiger charge is 2.31. The minimum Gasteiger partial charge on any atom is -0.279 e. The lowest BCUT2D eigenvalue weighted by atomic mass is 10.2. The summed E-state index contributed by atoms with van der Waals surface area (Å²) in [6.07, 6.45) is 4.09. The van der Waals surface area contributed by atoms with Crippen molar-refractivity contribution in [2.75, 3.05) is 15.7 Å². The number of carbonyl (C=O) groups excluding carboxylic acids is 1. The molecule has 0 radical (unpaired) electrons. The molecule has 2 aromatic heterocycles. The van der Waals surface area contributed by atoms with E-state index in [0.29, 0.717) is 29.3 Å². The first-order valence-electron chi connectivity index (χ1n) is 12.2. The molecule has 1 amide bonds. The highest BCUT2D eigenvalue weighted by atomic mass is 32.2. The molecule has 0 bridgehead atoms. The normalized spacial score (nSPS) is 13.0. The molecule has 3 heterocycles. The topological polar surface area (TPSA) is 83.5 Å². The van der Waals surface area contributed by atoms with Crippen molar-refractivity contribution in [3.8, 4) is 0 Å². The van der Waals surface area contributed by atoms with Gasteiger partial charge in [0, 0.05) is 24.5 Å². The summed E-state index contributed by atoms with van der Waals surface area (Å²) in [5.41, 5.74) is 4.91. The lowest BCUT2D eigenvalue weighted by Gasteiger charge is -2.21. The van der Waals surface area contributed by atoms with E-state index in [9.17, 15) is 13.2 Å². The Hall–Kier alpha value is -4.08. The zero-order valence-corrected chi connectivity index (χ0v) is 22.2. The Morgan fingerprint density at radius 1 is 1.03 bits per heavy atom. The molecule has 0 N–H and O–H groups in total. The minimum absolute atomic E-state index is 0.153. The molecule has 5 aromatic rings. The molecule has 6 rings (SSSR count). The summed E-state index contributed by atoms with van der Waals surface area (Å²) in [6, 6.07) is 23.4. The van der Waals surface area contributed by atoms with E-state index in [4.69, 9.17) is 4.98 Å². The number of para-hydroxylation sites is 1. The molecule has 190 valence electrons. The van der Waals surface area contributed by atoms with Gasteiger partial charge < -0.3 is 0 Å². The third-order valence-electron chi connectivity index (χ3n) is 6.61. The van der Waals surface area contributed by atoms with Crippen molar-refractivity contribution < 1.29 is 13.2 Å². The van der Waals surface area contributed by atoms with Crippen molar-refractivity contribution in [2.24, 2.45) is 0 Å². The van der Waals surface area contributed by atoms with Crippen LogP contribution in [0.15, 0.2) is 96.2 Å². The molecule has 0 atom stereocenters. The van der Waals surface area contributed by atoms with Crippen LogP contribution < -0.4 is 9.21 Å². The molecule has 0 saturated carbocycles. The minimum atomic E-state index is -3.75. The van der Waals surface area contributed by atoms with Crippen LogP contribution in [0, 0.1) is 6.92 Å². The van der Waals surface area contributed by atoms with Gasteiger partial charge in [-0.3, -0.25) is 19.0 Å². The van der Waals surface area contributed by atoms with Crippen molar-refractivity contribution in [1.82, 2.24) is 9.97 Å². The highest BCUT2D eigenvalue weighted by Crippen LogP contribution is 2.34. The average Bonchev–Trinajstić information content (AvgIpc) is 3.56. The largest absolute Gasteiger partial charge is 0.279 e. The quantitative estimate of drug-likeness (QED) is 0.280. The van der Waals surface area contributed by atoms with E-state index >= 15 is 0 Å². The van der Waals surface area contributed by atoms with Gasteiger partial charge in [0.15, 0.2) is 5.13 Å². The fourth-order valence-electron chi connectivity index (χ4n) is 4.65. The van der Waals surface area contributed by atoms with Crippen LogP contribution in [0.4, 0.5) is 10.8 Å². The Morgan fingerprint density at radius 3 is 2.63 bits per heavy atom. The number of thiazole rings is 1.